The zero-order chi connectivity index (χ0) is 13.0. The molecule has 0 aliphatic rings. The van der Waals surface area contributed by atoms with Crippen molar-refractivity contribution in [2.75, 3.05) is 18.0 Å². The van der Waals surface area contributed by atoms with Crippen LogP contribution in [0.15, 0.2) is 12.1 Å². The predicted octanol–water partition coefficient (Wildman–Crippen LogP) is 2.15. The number of hydrogen-bond acceptors (Lipinski definition) is 5. The van der Waals surface area contributed by atoms with Crippen LogP contribution in [0.2, 0.25) is 0 Å². The van der Waals surface area contributed by atoms with Crippen LogP contribution in [0, 0.1) is 26.3 Å². The molecule has 0 unspecified atom stereocenters. The summed E-state index contributed by atoms with van der Waals surface area (Å²) in [6, 6.07) is 4.83. The summed E-state index contributed by atoms with van der Waals surface area (Å²) >= 11 is 0. The van der Waals surface area contributed by atoms with Gasteiger partial charge >= 0.3 is 5.69 Å². The van der Waals surface area contributed by atoms with E-state index in [1.54, 1.807) is 4.90 Å². The van der Waals surface area contributed by atoms with Gasteiger partial charge in [-0.1, -0.05) is 0 Å². The predicted molar refractivity (Wildman–Crippen MR) is 62.1 cm³/mol. The molecule has 0 saturated carbocycles. The Kier molecular flexibility index (Phi) is 3.97. The first-order valence-electron chi connectivity index (χ1n) is 5.11. The fourth-order valence-electron chi connectivity index (χ4n) is 1.53. The highest BCUT2D eigenvalue weighted by Gasteiger charge is 2.22. The molecule has 0 N–H and O–H groups in total. The minimum Gasteiger partial charge on any atom is -0.367 e. The molecule has 7 heteroatoms. The van der Waals surface area contributed by atoms with Gasteiger partial charge in [0.25, 0.3) is 5.69 Å². The van der Waals surface area contributed by atoms with E-state index >= 15 is 0 Å². The molecule has 1 aromatic carbocycles. The van der Waals surface area contributed by atoms with E-state index < -0.39 is 15.5 Å². The Balaban J connectivity index is 3.31. The minimum absolute atomic E-state index is 0.352. The van der Waals surface area contributed by atoms with Gasteiger partial charge in [-0.2, -0.15) is 0 Å². The summed E-state index contributed by atoms with van der Waals surface area (Å²) in [6.07, 6.45) is 0. The molecule has 0 fully saturated rings. The highest BCUT2D eigenvalue weighted by Crippen LogP contribution is 2.30. The molecule has 1 rings (SSSR count). The number of hydrogen-bond donors (Lipinski definition) is 0. The van der Waals surface area contributed by atoms with Crippen LogP contribution in [0.1, 0.15) is 13.8 Å². The maximum atomic E-state index is 10.9. The normalized spacial score (nSPS) is 10.0. The SMILES string of the molecule is CCN(CC)c1ccc([N+](=O)[O-])[c]c1[N+](=O)[O-]. The molecule has 0 aliphatic carbocycles. The largest absolute Gasteiger partial charge is 0.367 e. The molecule has 0 bridgehead atoms. The molecule has 7 nitrogen and oxygen atoms in total. The summed E-state index contributed by atoms with van der Waals surface area (Å²) in [4.78, 5) is 21.8. The van der Waals surface area contributed by atoms with Crippen LogP contribution in [0.3, 0.4) is 0 Å². The molecule has 0 aliphatic heterocycles. The third kappa shape index (κ3) is 2.68. The summed E-state index contributed by atoms with van der Waals surface area (Å²) in [6.45, 7) is 4.88. The van der Waals surface area contributed by atoms with E-state index in [1.165, 1.54) is 12.1 Å². The zero-order valence-electron chi connectivity index (χ0n) is 9.54. The third-order valence-corrected chi connectivity index (χ3v) is 2.37. The highest BCUT2D eigenvalue weighted by molar-refractivity contribution is 5.65. The van der Waals surface area contributed by atoms with Crippen molar-refractivity contribution >= 4 is 17.1 Å². The lowest BCUT2D eigenvalue weighted by molar-refractivity contribution is -0.394. The Bertz CT molecular complexity index is 443. The van der Waals surface area contributed by atoms with Crippen molar-refractivity contribution in [2.45, 2.75) is 13.8 Å². The second kappa shape index (κ2) is 5.24. The first kappa shape index (κ1) is 12.9. The van der Waals surface area contributed by atoms with Gasteiger partial charge in [0.15, 0.2) is 6.07 Å². The standard InChI is InChI=1S/C10H12N3O4/c1-3-11(4-2)9-6-5-8(12(14)15)7-10(9)13(16)17/h5-6H,3-4H2,1-2H3. The second-order valence-corrected chi connectivity index (χ2v) is 3.26. The van der Waals surface area contributed by atoms with Crippen molar-refractivity contribution in [3.05, 3.63) is 38.4 Å². The molecule has 1 aromatic rings. The van der Waals surface area contributed by atoms with Crippen LogP contribution < -0.4 is 4.90 Å². The van der Waals surface area contributed by atoms with Gasteiger partial charge in [-0.25, -0.2) is 0 Å². The number of non-ortho nitro benzene ring substituents is 1. The van der Waals surface area contributed by atoms with Crippen LogP contribution in [0.4, 0.5) is 17.1 Å². The topological polar surface area (TPSA) is 89.5 Å². The van der Waals surface area contributed by atoms with Gasteiger partial charge in [-0.3, -0.25) is 20.2 Å². The van der Waals surface area contributed by atoms with E-state index in [2.05, 4.69) is 6.07 Å². The fourth-order valence-corrected chi connectivity index (χ4v) is 1.53. The number of nitrogens with zero attached hydrogens (tertiary/aromatic N) is 3. The van der Waals surface area contributed by atoms with E-state index in [0.29, 0.717) is 18.8 Å². The first-order chi connectivity index (χ1) is 8.01. The minimum atomic E-state index is -0.695. The number of nitro groups is 2. The summed E-state index contributed by atoms with van der Waals surface area (Å²) in [5.74, 6) is 0. The highest BCUT2D eigenvalue weighted by atomic mass is 16.6. The van der Waals surface area contributed by atoms with E-state index in [9.17, 15) is 20.2 Å². The molecule has 17 heavy (non-hydrogen) atoms. The summed E-state index contributed by atoms with van der Waals surface area (Å²) < 4.78 is 0. The van der Waals surface area contributed by atoms with E-state index in [1.807, 2.05) is 13.8 Å². The van der Waals surface area contributed by atoms with E-state index in [4.69, 9.17) is 0 Å². The van der Waals surface area contributed by atoms with E-state index in [0.717, 1.165) is 0 Å². The maximum Gasteiger partial charge on any atom is 0.307 e. The Hall–Kier alpha value is -2.18. The van der Waals surface area contributed by atoms with Gasteiger partial charge in [0.2, 0.25) is 0 Å². The summed E-state index contributed by atoms with van der Waals surface area (Å²) in [5, 5.41) is 21.4. The lowest BCUT2D eigenvalue weighted by atomic mass is 10.2. The van der Waals surface area contributed by atoms with Crippen molar-refractivity contribution in [3.63, 3.8) is 0 Å². The van der Waals surface area contributed by atoms with Gasteiger partial charge in [0.1, 0.15) is 5.69 Å². The van der Waals surface area contributed by atoms with Crippen molar-refractivity contribution in [1.29, 1.82) is 0 Å². The molecule has 0 amide bonds. The van der Waals surface area contributed by atoms with Crippen LogP contribution >= 0.6 is 0 Å². The van der Waals surface area contributed by atoms with Crippen molar-refractivity contribution < 1.29 is 9.85 Å². The average molecular weight is 238 g/mol. The molecule has 1 radical (unpaired) electrons. The van der Waals surface area contributed by atoms with Crippen LogP contribution in [0.25, 0.3) is 0 Å². The van der Waals surface area contributed by atoms with Gasteiger partial charge in [-0.05, 0) is 19.9 Å². The van der Waals surface area contributed by atoms with Gasteiger partial charge < -0.3 is 4.90 Å². The lowest BCUT2D eigenvalue weighted by Gasteiger charge is -2.20. The quantitative estimate of drug-likeness (QED) is 0.579. The molecule has 0 heterocycles. The maximum absolute atomic E-state index is 10.9. The lowest BCUT2D eigenvalue weighted by Crippen LogP contribution is -2.22. The summed E-state index contributed by atoms with van der Waals surface area (Å²) in [5.41, 5.74) is -0.402. The van der Waals surface area contributed by atoms with E-state index in [-0.39, 0.29) is 5.69 Å². The number of benzene rings is 1. The molecule has 0 atom stereocenters. The Morgan fingerprint density at radius 3 is 2.18 bits per heavy atom. The molecular formula is C10H12N3O4. The molecular weight excluding hydrogens is 226 g/mol. The van der Waals surface area contributed by atoms with Gasteiger partial charge in [-0.15, -0.1) is 0 Å². The third-order valence-electron chi connectivity index (χ3n) is 2.37. The second-order valence-electron chi connectivity index (χ2n) is 3.26. The Labute approximate surface area is 98.0 Å². The molecule has 0 saturated heterocycles. The Morgan fingerprint density at radius 1 is 1.18 bits per heavy atom. The number of rotatable bonds is 5. The fraction of sp³-hybridized carbons (Fsp3) is 0.400. The van der Waals surface area contributed by atoms with Crippen LogP contribution in [0.5, 0.6) is 0 Å². The van der Waals surface area contributed by atoms with Crippen molar-refractivity contribution in [1.82, 2.24) is 0 Å². The first-order valence-corrected chi connectivity index (χ1v) is 5.11. The van der Waals surface area contributed by atoms with Crippen molar-refractivity contribution in [2.24, 2.45) is 0 Å². The van der Waals surface area contributed by atoms with Crippen molar-refractivity contribution in [3.8, 4) is 0 Å². The molecule has 0 spiro atoms. The Morgan fingerprint density at radius 2 is 1.76 bits per heavy atom. The average Bonchev–Trinajstić information content (AvgIpc) is 2.30. The number of anilines is 1. The number of nitro benzene ring substituents is 2. The monoisotopic (exact) mass is 238 g/mol. The van der Waals surface area contributed by atoms with Crippen LogP contribution in [-0.2, 0) is 0 Å². The van der Waals surface area contributed by atoms with Crippen LogP contribution in [-0.4, -0.2) is 22.9 Å². The van der Waals surface area contributed by atoms with Gasteiger partial charge in [0.05, 0.1) is 9.85 Å². The smallest absolute Gasteiger partial charge is 0.307 e. The zero-order valence-corrected chi connectivity index (χ0v) is 9.54. The summed E-state index contributed by atoms with van der Waals surface area (Å²) in [7, 11) is 0. The molecule has 0 aromatic heterocycles. The molecule has 91 valence electrons. The van der Waals surface area contributed by atoms with Gasteiger partial charge in [0, 0.05) is 19.2 Å².